The molecule has 0 spiro atoms. The number of benzene rings is 2. The Bertz CT molecular complexity index is 1190. The maximum atomic E-state index is 12.6. The summed E-state index contributed by atoms with van der Waals surface area (Å²) in [6, 6.07) is 14.9. The van der Waals surface area contributed by atoms with E-state index in [0.29, 0.717) is 32.5 Å². The first-order valence-corrected chi connectivity index (χ1v) is 9.32. The van der Waals surface area contributed by atoms with Crippen LogP contribution in [-0.2, 0) is 6.61 Å². The second-order valence-corrected chi connectivity index (χ2v) is 7.11. The normalized spacial score (nSPS) is 11.1. The summed E-state index contributed by atoms with van der Waals surface area (Å²) in [5.74, 6) is 1.48. The molecule has 0 unspecified atom stereocenters. The van der Waals surface area contributed by atoms with Crippen molar-refractivity contribution < 1.29 is 4.74 Å². The first-order valence-electron chi connectivity index (χ1n) is 8.15. The van der Waals surface area contributed by atoms with Crippen molar-refractivity contribution in [3.05, 3.63) is 79.6 Å². The number of hydrogen-bond donors (Lipinski definition) is 1. The third-order valence-corrected chi connectivity index (χ3v) is 5.36. The molecule has 0 fully saturated rings. The van der Waals surface area contributed by atoms with Gasteiger partial charge in [-0.25, -0.2) is 0 Å². The third-order valence-electron chi connectivity index (χ3n) is 4.14. The Hall–Kier alpha value is -2.64. The predicted octanol–water partition coefficient (Wildman–Crippen LogP) is 4.39. The minimum atomic E-state index is -0.306. The van der Waals surface area contributed by atoms with Crippen molar-refractivity contribution in [2.45, 2.75) is 13.5 Å². The van der Waals surface area contributed by atoms with Crippen molar-refractivity contribution in [2.24, 2.45) is 0 Å². The van der Waals surface area contributed by atoms with E-state index in [1.807, 2.05) is 49.4 Å². The van der Waals surface area contributed by atoms with Crippen LogP contribution in [0.3, 0.4) is 0 Å². The van der Waals surface area contributed by atoms with E-state index in [9.17, 15) is 4.79 Å². The molecule has 1 N–H and O–H groups in total. The van der Waals surface area contributed by atoms with Crippen molar-refractivity contribution in [2.75, 3.05) is 0 Å². The molecule has 2 aromatic carbocycles. The number of rotatable bonds is 4. The molecule has 0 aliphatic rings. The second-order valence-electron chi connectivity index (χ2n) is 5.91. The number of nitrogens with zero attached hydrogens (tertiary/aromatic N) is 3. The highest BCUT2D eigenvalue weighted by atomic mass is 79.9. The maximum absolute atomic E-state index is 12.6. The van der Waals surface area contributed by atoms with Gasteiger partial charge in [0.05, 0.1) is 5.69 Å². The van der Waals surface area contributed by atoms with Crippen LogP contribution in [0.15, 0.2) is 57.8 Å². The SMILES string of the molecule is Cc1c(Cl)cccc1OCc1[nH]c2nc(-c3ccccc3)nn2c(=O)c1Br. The predicted molar refractivity (Wildman–Crippen MR) is 107 cm³/mol. The van der Waals surface area contributed by atoms with Gasteiger partial charge in [-0.1, -0.05) is 48.0 Å². The Morgan fingerprint density at radius 3 is 2.74 bits per heavy atom. The highest BCUT2D eigenvalue weighted by molar-refractivity contribution is 9.10. The molecule has 27 heavy (non-hydrogen) atoms. The summed E-state index contributed by atoms with van der Waals surface area (Å²) in [7, 11) is 0. The molecule has 0 amide bonds. The van der Waals surface area contributed by atoms with Crippen LogP contribution in [0.1, 0.15) is 11.3 Å². The molecule has 0 bridgehead atoms. The van der Waals surface area contributed by atoms with E-state index in [1.165, 1.54) is 4.52 Å². The van der Waals surface area contributed by atoms with Crippen LogP contribution in [0.4, 0.5) is 0 Å². The minimum absolute atomic E-state index is 0.154. The summed E-state index contributed by atoms with van der Waals surface area (Å²) >= 11 is 9.46. The third kappa shape index (κ3) is 3.36. The van der Waals surface area contributed by atoms with Crippen molar-refractivity contribution in [3.8, 4) is 17.1 Å². The zero-order valence-electron chi connectivity index (χ0n) is 14.2. The van der Waals surface area contributed by atoms with Gasteiger partial charge in [-0.3, -0.25) is 4.79 Å². The molecule has 0 saturated heterocycles. The molecule has 2 aromatic heterocycles. The average molecular weight is 446 g/mol. The first kappa shape index (κ1) is 17.8. The van der Waals surface area contributed by atoms with Gasteiger partial charge in [0.25, 0.3) is 5.56 Å². The largest absolute Gasteiger partial charge is 0.487 e. The van der Waals surface area contributed by atoms with E-state index < -0.39 is 0 Å². The quantitative estimate of drug-likeness (QED) is 0.506. The van der Waals surface area contributed by atoms with Gasteiger partial charge in [-0.05, 0) is 35.0 Å². The molecule has 2 heterocycles. The lowest BCUT2D eigenvalue weighted by Gasteiger charge is -2.11. The van der Waals surface area contributed by atoms with Gasteiger partial charge in [0.15, 0.2) is 5.82 Å². The zero-order valence-corrected chi connectivity index (χ0v) is 16.6. The summed E-state index contributed by atoms with van der Waals surface area (Å²) < 4.78 is 7.42. The fourth-order valence-electron chi connectivity index (χ4n) is 2.65. The van der Waals surface area contributed by atoms with E-state index in [0.717, 1.165) is 11.1 Å². The fraction of sp³-hybridized carbons (Fsp3) is 0.105. The molecule has 6 nitrogen and oxygen atoms in total. The molecule has 0 aliphatic carbocycles. The molecular formula is C19H14BrClN4O2. The summed E-state index contributed by atoms with van der Waals surface area (Å²) in [6.45, 7) is 2.03. The topological polar surface area (TPSA) is 72.3 Å². The summed E-state index contributed by atoms with van der Waals surface area (Å²) in [5, 5.41) is 4.93. The van der Waals surface area contributed by atoms with Gasteiger partial charge in [0.2, 0.25) is 5.78 Å². The fourth-order valence-corrected chi connectivity index (χ4v) is 3.20. The van der Waals surface area contributed by atoms with Crippen LogP contribution in [-0.4, -0.2) is 19.6 Å². The van der Waals surface area contributed by atoms with Crippen molar-refractivity contribution in [1.29, 1.82) is 0 Å². The number of halogens is 2. The summed E-state index contributed by atoms with van der Waals surface area (Å²) in [6.07, 6.45) is 0. The van der Waals surface area contributed by atoms with Crippen LogP contribution in [0.25, 0.3) is 17.2 Å². The van der Waals surface area contributed by atoms with Gasteiger partial charge in [0, 0.05) is 16.1 Å². The van der Waals surface area contributed by atoms with Crippen LogP contribution in [0, 0.1) is 6.92 Å². The molecule has 4 aromatic rings. The van der Waals surface area contributed by atoms with Crippen LogP contribution < -0.4 is 10.3 Å². The van der Waals surface area contributed by atoms with Gasteiger partial charge in [-0.2, -0.15) is 9.50 Å². The second kappa shape index (κ2) is 7.17. The lowest BCUT2D eigenvalue weighted by Crippen LogP contribution is -2.19. The molecule has 4 rings (SSSR count). The summed E-state index contributed by atoms with van der Waals surface area (Å²) in [4.78, 5) is 20.2. The van der Waals surface area contributed by atoms with E-state index in [2.05, 4.69) is 31.0 Å². The molecule has 0 saturated carbocycles. The Labute approximate surface area is 167 Å². The number of nitrogens with one attached hydrogen (secondary N) is 1. The molecular weight excluding hydrogens is 432 g/mol. The van der Waals surface area contributed by atoms with E-state index in [-0.39, 0.29) is 12.2 Å². The Balaban J connectivity index is 1.70. The Morgan fingerprint density at radius 1 is 1.19 bits per heavy atom. The van der Waals surface area contributed by atoms with Gasteiger partial charge in [0.1, 0.15) is 16.8 Å². The molecule has 0 aliphatic heterocycles. The van der Waals surface area contributed by atoms with Gasteiger partial charge in [-0.15, -0.1) is 5.10 Å². The monoisotopic (exact) mass is 444 g/mol. The highest BCUT2D eigenvalue weighted by Gasteiger charge is 2.15. The van der Waals surface area contributed by atoms with Crippen molar-refractivity contribution >= 4 is 33.3 Å². The lowest BCUT2D eigenvalue weighted by atomic mass is 10.2. The Kier molecular flexibility index (Phi) is 4.72. The minimum Gasteiger partial charge on any atom is -0.487 e. The average Bonchev–Trinajstić information content (AvgIpc) is 3.11. The van der Waals surface area contributed by atoms with E-state index >= 15 is 0 Å². The number of aromatic nitrogens is 4. The number of fused-ring (bicyclic) bond motifs is 1. The van der Waals surface area contributed by atoms with E-state index in [1.54, 1.807) is 6.07 Å². The standard InChI is InChI=1S/C19H14BrClN4O2/c1-11-13(21)8-5-9-15(11)27-10-14-16(20)18(26)25-19(22-14)23-17(24-25)12-6-3-2-4-7-12/h2-9H,10H2,1H3,(H,22,23,24). The van der Waals surface area contributed by atoms with E-state index in [4.69, 9.17) is 16.3 Å². The highest BCUT2D eigenvalue weighted by Crippen LogP contribution is 2.26. The van der Waals surface area contributed by atoms with Crippen LogP contribution in [0.5, 0.6) is 5.75 Å². The van der Waals surface area contributed by atoms with Crippen LogP contribution in [0.2, 0.25) is 5.02 Å². The van der Waals surface area contributed by atoms with Gasteiger partial charge >= 0.3 is 0 Å². The molecule has 8 heteroatoms. The molecule has 0 radical (unpaired) electrons. The summed E-state index contributed by atoms with van der Waals surface area (Å²) in [5.41, 5.74) is 1.93. The number of hydrogen-bond acceptors (Lipinski definition) is 4. The zero-order chi connectivity index (χ0) is 19.0. The smallest absolute Gasteiger partial charge is 0.290 e. The number of ether oxygens (including phenoxy) is 1. The maximum Gasteiger partial charge on any atom is 0.290 e. The lowest BCUT2D eigenvalue weighted by molar-refractivity contribution is 0.298. The number of H-pyrrole nitrogens is 1. The van der Waals surface area contributed by atoms with Crippen molar-refractivity contribution in [3.63, 3.8) is 0 Å². The van der Waals surface area contributed by atoms with Crippen molar-refractivity contribution in [1.82, 2.24) is 19.6 Å². The molecule has 136 valence electrons. The molecule has 0 atom stereocenters. The number of aromatic amines is 1. The first-order chi connectivity index (χ1) is 13.0. The van der Waals surface area contributed by atoms with Crippen LogP contribution >= 0.6 is 27.5 Å². The Morgan fingerprint density at radius 2 is 1.96 bits per heavy atom. The van der Waals surface area contributed by atoms with Gasteiger partial charge < -0.3 is 9.72 Å².